The van der Waals surface area contributed by atoms with E-state index in [2.05, 4.69) is 21.2 Å². The average molecular weight is 338 g/mol. The summed E-state index contributed by atoms with van der Waals surface area (Å²) in [5.74, 6) is 0.720. The minimum Gasteiger partial charge on any atom is -0.382 e. The fraction of sp³-hybridized carbons (Fsp3) is 0.538. The number of rotatable bonds is 6. The number of benzene rings is 1. The Hall–Kier alpha value is -0.750. The minimum absolute atomic E-state index is 0.407. The van der Waals surface area contributed by atoms with Gasteiger partial charge in [-0.05, 0) is 52.9 Å². The van der Waals surface area contributed by atoms with E-state index in [1.807, 2.05) is 0 Å². The molecule has 1 aliphatic rings. The molecule has 1 aliphatic carbocycles. The monoisotopic (exact) mass is 337 g/mol. The Morgan fingerprint density at radius 1 is 1.32 bits per heavy atom. The van der Waals surface area contributed by atoms with E-state index >= 15 is 0 Å². The first-order chi connectivity index (χ1) is 8.97. The summed E-state index contributed by atoms with van der Waals surface area (Å²) in [6.45, 7) is 1.93. The molecule has 0 aliphatic heterocycles. The second-order valence-electron chi connectivity index (χ2n) is 4.64. The zero-order chi connectivity index (χ0) is 13.9. The fourth-order valence-corrected chi connectivity index (χ4v) is 2.15. The molecule has 19 heavy (non-hydrogen) atoms. The Kier molecular flexibility index (Phi) is 4.73. The van der Waals surface area contributed by atoms with Crippen molar-refractivity contribution in [3.05, 3.63) is 28.2 Å². The molecule has 0 heterocycles. The molecular formula is C13H15BrF3NO. The number of hydrogen-bond donors (Lipinski definition) is 1. The van der Waals surface area contributed by atoms with Crippen molar-refractivity contribution >= 4 is 21.6 Å². The summed E-state index contributed by atoms with van der Waals surface area (Å²) < 4.78 is 43.3. The van der Waals surface area contributed by atoms with Crippen molar-refractivity contribution in [3.63, 3.8) is 0 Å². The van der Waals surface area contributed by atoms with Gasteiger partial charge in [-0.25, -0.2) is 0 Å². The smallest absolute Gasteiger partial charge is 0.382 e. The average Bonchev–Trinajstić information content (AvgIpc) is 3.13. The minimum atomic E-state index is -4.31. The molecule has 1 aromatic carbocycles. The molecule has 1 aromatic rings. The molecule has 2 nitrogen and oxygen atoms in total. The molecule has 0 saturated heterocycles. The summed E-state index contributed by atoms with van der Waals surface area (Å²) in [6.07, 6.45) is -1.82. The van der Waals surface area contributed by atoms with Crippen LogP contribution in [0.3, 0.4) is 0 Å². The van der Waals surface area contributed by atoms with Crippen LogP contribution < -0.4 is 5.32 Å². The van der Waals surface area contributed by atoms with Crippen LogP contribution in [-0.4, -0.2) is 19.8 Å². The Bertz CT molecular complexity index is 432. The van der Waals surface area contributed by atoms with Gasteiger partial charge in [-0.15, -0.1) is 0 Å². The van der Waals surface area contributed by atoms with Crippen LogP contribution in [0.1, 0.15) is 18.4 Å². The van der Waals surface area contributed by atoms with E-state index in [9.17, 15) is 13.2 Å². The van der Waals surface area contributed by atoms with Gasteiger partial charge in [-0.1, -0.05) is 0 Å². The van der Waals surface area contributed by atoms with E-state index in [-0.39, 0.29) is 0 Å². The van der Waals surface area contributed by atoms with Crippen LogP contribution in [0.2, 0.25) is 0 Å². The molecule has 1 saturated carbocycles. The molecule has 2 rings (SSSR count). The lowest BCUT2D eigenvalue weighted by Crippen LogP contribution is -2.11. The Labute approximate surface area is 118 Å². The third kappa shape index (κ3) is 4.69. The highest BCUT2D eigenvalue weighted by Gasteiger charge is 2.30. The normalized spacial score (nSPS) is 15.6. The van der Waals surface area contributed by atoms with Crippen molar-refractivity contribution in [2.75, 3.05) is 25.1 Å². The first kappa shape index (κ1) is 14.7. The summed E-state index contributed by atoms with van der Waals surface area (Å²) in [5, 5.41) is 3.05. The summed E-state index contributed by atoms with van der Waals surface area (Å²) in [5.41, 5.74) is -0.0158. The van der Waals surface area contributed by atoms with E-state index in [0.29, 0.717) is 23.3 Å². The van der Waals surface area contributed by atoms with E-state index in [0.717, 1.165) is 24.7 Å². The van der Waals surface area contributed by atoms with Crippen molar-refractivity contribution in [2.45, 2.75) is 19.0 Å². The number of anilines is 1. The quantitative estimate of drug-likeness (QED) is 0.781. The van der Waals surface area contributed by atoms with Crippen molar-refractivity contribution in [2.24, 2.45) is 5.92 Å². The lowest BCUT2D eigenvalue weighted by atomic mass is 10.2. The van der Waals surface area contributed by atoms with Gasteiger partial charge in [0.25, 0.3) is 0 Å². The molecule has 1 N–H and O–H groups in total. The molecule has 0 unspecified atom stereocenters. The zero-order valence-corrected chi connectivity index (χ0v) is 11.9. The van der Waals surface area contributed by atoms with Crippen LogP contribution in [0.5, 0.6) is 0 Å². The maximum Gasteiger partial charge on any atom is 0.416 e. The second kappa shape index (κ2) is 6.13. The summed E-state index contributed by atoms with van der Waals surface area (Å²) >= 11 is 3.14. The number of alkyl halides is 3. The van der Waals surface area contributed by atoms with Crippen LogP contribution in [0, 0.1) is 5.92 Å². The highest BCUT2D eigenvalue weighted by molar-refractivity contribution is 9.10. The van der Waals surface area contributed by atoms with Crippen LogP contribution in [0.25, 0.3) is 0 Å². The van der Waals surface area contributed by atoms with Crippen molar-refractivity contribution in [3.8, 4) is 0 Å². The van der Waals surface area contributed by atoms with Gasteiger partial charge in [-0.3, -0.25) is 0 Å². The first-order valence-electron chi connectivity index (χ1n) is 6.15. The molecule has 0 radical (unpaired) electrons. The largest absolute Gasteiger partial charge is 0.416 e. The van der Waals surface area contributed by atoms with E-state index in [4.69, 9.17) is 4.74 Å². The van der Waals surface area contributed by atoms with E-state index in [1.54, 1.807) is 0 Å². The highest BCUT2D eigenvalue weighted by atomic mass is 79.9. The van der Waals surface area contributed by atoms with Gasteiger partial charge in [0.05, 0.1) is 12.2 Å². The molecule has 6 heteroatoms. The Morgan fingerprint density at radius 2 is 2.05 bits per heavy atom. The lowest BCUT2D eigenvalue weighted by Gasteiger charge is -2.12. The van der Waals surface area contributed by atoms with Gasteiger partial charge in [-0.2, -0.15) is 13.2 Å². The molecule has 0 atom stereocenters. The van der Waals surface area contributed by atoms with Gasteiger partial charge >= 0.3 is 6.18 Å². The molecule has 1 fully saturated rings. The standard InChI is InChI=1S/C13H15BrF3NO/c14-11-7-10(13(15,16)17)3-4-12(11)18-5-6-19-8-9-1-2-9/h3-4,7,9,18H,1-2,5-6,8H2. The lowest BCUT2D eigenvalue weighted by molar-refractivity contribution is -0.137. The fourth-order valence-electron chi connectivity index (χ4n) is 1.63. The first-order valence-corrected chi connectivity index (χ1v) is 6.94. The van der Waals surface area contributed by atoms with Crippen LogP contribution in [-0.2, 0) is 10.9 Å². The highest BCUT2D eigenvalue weighted by Crippen LogP contribution is 2.33. The van der Waals surface area contributed by atoms with Crippen LogP contribution >= 0.6 is 15.9 Å². The maximum atomic E-state index is 12.5. The summed E-state index contributed by atoms with van der Waals surface area (Å²) in [4.78, 5) is 0. The number of hydrogen-bond acceptors (Lipinski definition) is 2. The number of halogens is 4. The van der Waals surface area contributed by atoms with Gasteiger partial charge in [0.2, 0.25) is 0 Å². The van der Waals surface area contributed by atoms with Crippen molar-refractivity contribution < 1.29 is 17.9 Å². The molecule has 0 aromatic heterocycles. The Balaban J connectivity index is 1.79. The predicted molar refractivity (Wildman–Crippen MR) is 71.2 cm³/mol. The topological polar surface area (TPSA) is 21.3 Å². The van der Waals surface area contributed by atoms with Crippen molar-refractivity contribution in [1.29, 1.82) is 0 Å². The summed E-state index contributed by atoms with van der Waals surface area (Å²) in [6, 6.07) is 3.57. The summed E-state index contributed by atoms with van der Waals surface area (Å²) in [7, 11) is 0. The SMILES string of the molecule is FC(F)(F)c1ccc(NCCOCC2CC2)c(Br)c1. The third-order valence-electron chi connectivity index (χ3n) is 2.91. The molecule has 0 spiro atoms. The van der Waals surface area contributed by atoms with Gasteiger partial charge in [0.1, 0.15) is 0 Å². The van der Waals surface area contributed by atoms with Gasteiger partial charge < -0.3 is 10.1 Å². The Morgan fingerprint density at radius 3 is 2.63 bits per heavy atom. The molecule has 0 bridgehead atoms. The van der Waals surface area contributed by atoms with E-state index < -0.39 is 11.7 Å². The second-order valence-corrected chi connectivity index (χ2v) is 5.49. The van der Waals surface area contributed by atoms with Crippen LogP contribution in [0.4, 0.5) is 18.9 Å². The molecule has 106 valence electrons. The van der Waals surface area contributed by atoms with Crippen molar-refractivity contribution in [1.82, 2.24) is 0 Å². The molecule has 0 amide bonds. The third-order valence-corrected chi connectivity index (χ3v) is 3.56. The molecular weight excluding hydrogens is 323 g/mol. The van der Waals surface area contributed by atoms with Gasteiger partial charge in [0.15, 0.2) is 0 Å². The van der Waals surface area contributed by atoms with Crippen LogP contribution in [0.15, 0.2) is 22.7 Å². The number of ether oxygens (including phenoxy) is 1. The van der Waals surface area contributed by atoms with Gasteiger partial charge in [0, 0.05) is 23.3 Å². The maximum absolute atomic E-state index is 12.5. The zero-order valence-electron chi connectivity index (χ0n) is 10.3. The van der Waals surface area contributed by atoms with E-state index in [1.165, 1.54) is 18.9 Å². The predicted octanol–water partition coefficient (Wildman–Crippen LogP) is 4.31. The number of nitrogens with one attached hydrogen (secondary N) is 1.